The van der Waals surface area contributed by atoms with Gasteiger partial charge in [-0.05, 0) is 30.5 Å². The molecule has 0 spiro atoms. The molecule has 0 bridgehead atoms. The molecule has 5 nitrogen and oxygen atoms in total. The van der Waals surface area contributed by atoms with Gasteiger partial charge in [-0.1, -0.05) is 6.92 Å². The maximum Gasteiger partial charge on any atom is 0.140 e. The molecular formula is C14H18N4O. The number of nitrogen functional groups attached to an aromatic ring is 1. The second kappa shape index (κ2) is 4.66. The van der Waals surface area contributed by atoms with Crippen LogP contribution in [-0.2, 0) is 0 Å². The maximum absolute atomic E-state index is 9.58. The summed E-state index contributed by atoms with van der Waals surface area (Å²) in [7, 11) is 0. The topological polar surface area (TPSA) is 75.3 Å². The Morgan fingerprint density at radius 3 is 3.05 bits per heavy atom. The summed E-state index contributed by atoms with van der Waals surface area (Å²) in [4.78, 5) is 10.9. The van der Waals surface area contributed by atoms with Gasteiger partial charge in [-0.3, -0.25) is 0 Å². The lowest BCUT2D eigenvalue weighted by Crippen LogP contribution is -2.35. The van der Waals surface area contributed by atoms with Gasteiger partial charge >= 0.3 is 0 Å². The summed E-state index contributed by atoms with van der Waals surface area (Å²) < 4.78 is 0. The Balaban J connectivity index is 2.10. The van der Waals surface area contributed by atoms with Crippen LogP contribution in [0.3, 0.4) is 0 Å². The number of nitrogens with two attached hydrogens (primary N) is 1. The van der Waals surface area contributed by atoms with E-state index in [0.717, 1.165) is 29.7 Å². The van der Waals surface area contributed by atoms with Crippen molar-refractivity contribution in [1.29, 1.82) is 0 Å². The summed E-state index contributed by atoms with van der Waals surface area (Å²) in [6.45, 7) is 3.24. The SMILES string of the molecule is CC1CCN(c2ncnc3cc(N)ccc23)C1CO. The molecule has 2 aromatic rings. The summed E-state index contributed by atoms with van der Waals surface area (Å²) in [5.41, 5.74) is 7.34. The van der Waals surface area contributed by atoms with Gasteiger partial charge in [-0.15, -0.1) is 0 Å². The average Bonchev–Trinajstić information content (AvgIpc) is 2.78. The van der Waals surface area contributed by atoms with Gasteiger partial charge in [0.15, 0.2) is 0 Å². The first-order valence-corrected chi connectivity index (χ1v) is 6.58. The summed E-state index contributed by atoms with van der Waals surface area (Å²) in [6, 6.07) is 5.81. The fourth-order valence-electron chi connectivity index (χ4n) is 2.84. The van der Waals surface area contributed by atoms with E-state index in [1.54, 1.807) is 6.33 Å². The maximum atomic E-state index is 9.58. The number of rotatable bonds is 2. The van der Waals surface area contributed by atoms with Gasteiger partial charge in [0.05, 0.1) is 18.2 Å². The predicted molar refractivity (Wildman–Crippen MR) is 76.0 cm³/mol. The van der Waals surface area contributed by atoms with Gasteiger partial charge in [0.2, 0.25) is 0 Å². The Kier molecular flexibility index (Phi) is 2.98. The highest BCUT2D eigenvalue weighted by Crippen LogP contribution is 2.32. The van der Waals surface area contributed by atoms with E-state index >= 15 is 0 Å². The van der Waals surface area contributed by atoms with Crippen LogP contribution in [0.15, 0.2) is 24.5 Å². The largest absolute Gasteiger partial charge is 0.399 e. The van der Waals surface area contributed by atoms with Crippen molar-refractivity contribution in [3.05, 3.63) is 24.5 Å². The molecule has 3 N–H and O–H groups in total. The van der Waals surface area contributed by atoms with E-state index in [0.29, 0.717) is 11.6 Å². The first-order chi connectivity index (χ1) is 9.20. The number of fused-ring (bicyclic) bond motifs is 1. The molecule has 1 saturated heterocycles. The zero-order valence-corrected chi connectivity index (χ0v) is 11.0. The van der Waals surface area contributed by atoms with Crippen LogP contribution < -0.4 is 10.6 Å². The van der Waals surface area contributed by atoms with E-state index in [2.05, 4.69) is 21.8 Å². The first-order valence-electron chi connectivity index (χ1n) is 6.58. The van der Waals surface area contributed by atoms with Gasteiger partial charge in [0.1, 0.15) is 12.1 Å². The van der Waals surface area contributed by atoms with Crippen molar-refractivity contribution in [2.75, 3.05) is 23.8 Å². The number of benzene rings is 1. The van der Waals surface area contributed by atoms with Crippen LogP contribution in [0.1, 0.15) is 13.3 Å². The van der Waals surface area contributed by atoms with Gasteiger partial charge in [-0.2, -0.15) is 0 Å². The minimum absolute atomic E-state index is 0.135. The van der Waals surface area contributed by atoms with Crippen LogP contribution in [0.4, 0.5) is 11.5 Å². The third-order valence-corrected chi connectivity index (χ3v) is 3.98. The molecule has 19 heavy (non-hydrogen) atoms. The van der Waals surface area contributed by atoms with Crippen molar-refractivity contribution >= 4 is 22.4 Å². The van der Waals surface area contributed by atoms with Crippen molar-refractivity contribution in [3.8, 4) is 0 Å². The lowest BCUT2D eigenvalue weighted by molar-refractivity contribution is 0.244. The number of aliphatic hydroxyl groups excluding tert-OH is 1. The van der Waals surface area contributed by atoms with Crippen LogP contribution in [0.25, 0.3) is 10.9 Å². The molecule has 2 unspecified atom stereocenters. The van der Waals surface area contributed by atoms with Gasteiger partial charge in [0, 0.05) is 17.6 Å². The van der Waals surface area contributed by atoms with Crippen LogP contribution in [-0.4, -0.2) is 34.3 Å². The highest BCUT2D eigenvalue weighted by molar-refractivity contribution is 5.91. The van der Waals surface area contributed by atoms with Crippen LogP contribution >= 0.6 is 0 Å². The van der Waals surface area contributed by atoms with Gasteiger partial charge < -0.3 is 15.7 Å². The summed E-state index contributed by atoms with van der Waals surface area (Å²) in [5.74, 6) is 1.37. The molecule has 1 aromatic carbocycles. The summed E-state index contributed by atoms with van der Waals surface area (Å²) >= 11 is 0. The molecule has 0 amide bonds. The van der Waals surface area contributed by atoms with Gasteiger partial charge in [0.25, 0.3) is 0 Å². The third-order valence-electron chi connectivity index (χ3n) is 3.98. The molecule has 5 heteroatoms. The van der Waals surface area contributed by atoms with Gasteiger partial charge in [-0.25, -0.2) is 9.97 Å². The number of aliphatic hydroxyl groups is 1. The monoisotopic (exact) mass is 258 g/mol. The molecular weight excluding hydrogens is 240 g/mol. The van der Waals surface area contributed by atoms with Crippen LogP contribution in [0.2, 0.25) is 0 Å². The molecule has 0 aliphatic carbocycles. The van der Waals surface area contributed by atoms with E-state index in [4.69, 9.17) is 5.73 Å². The zero-order chi connectivity index (χ0) is 13.4. The minimum atomic E-state index is 0.135. The van der Waals surface area contributed by atoms with E-state index in [-0.39, 0.29) is 12.6 Å². The molecule has 1 fully saturated rings. The average molecular weight is 258 g/mol. The lowest BCUT2D eigenvalue weighted by Gasteiger charge is -2.27. The smallest absolute Gasteiger partial charge is 0.140 e. The fraction of sp³-hybridized carbons (Fsp3) is 0.429. The number of anilines is 2. The van der Waals surface area contributed by atoms with Crippen LogP contribution in [0.5, 0.6) is 0 Å². The molecule has 0 saturated carbocycles. The zero-order valence-electron chi connectivity index (χ0n) is 11.0. The Hall–Kier alpha value is -1.88. The predicted octanol–water partition coefficient (Wildman–Crippen LogP) is 1.42. The van der Waals surface area contributed by atoms with E-state index in [9.17, 15) is 5.11 Å². The first kappa shape index (κ1) is 12.2. The van der Waals surface area contributed by atoms with Crippen molar-refractivity contribution in [3.63, 3.8) is 0 Å². The Bertz CT molecular complexity index is 601. The van der Waals surface area contributed by atoms with Crippen molar-refractivity contribution in [1.82, 2.24) is 9.97 Å². The lowest BCUT2D eigenvalue weighted by atomic mass is 10.0. The Labute approximate surface area is 112 Å². The van der Waals surface area contributed by atoms with E-state index in [1.807, 2.05) is 18.2 Å². The second-order valence-corrected chi connectivity index (χ2v) is 5.18. The quantitative estimate of drug-likeness (QED) is 0.797. The number of hydrogen-bond donors (Lipinski definition) is 2. The fourth-order valence-corrected chi connectivity index (χ4v) is 2.84. The molecule has 0 radical (unpaired) electrons. The molecule has 2 atom stereocenters. The van der Waals surface area contributed by atoms with Crippen molar-refractivity contribution in [2.45, 2.75) is 19.4 Å². The molecule has 1 aliphatic heterocycles. The Morgan fingerprint density at radius 1 is 1.42 bits per heavy atom. The van der Waals surface area contributed by atoms with Crippen molar-refractivity contribution in [2.24, 2.45) is 5.92 Å². The number of nitrogens with zero attached hydrogens (tertiary/aromatic N) is 3. The number of hydrogen-bond acceptors (Lipinski definition) is 5. The molecule has 1 aliphatic rings. The van der Waals surface area contributed by atoms with E-state index in [1.165, 1.54) is 0 Å². The van der Waals surface area contributed by atoms with Crippen molar-refractivity contribution < 1.29 is 5.11 Å². The Morgan fingerprint density at radius 2 is 2.26 bits per heavy atom. The van der Waals surface area contributed by atoms with E-state index < -0.39 is 0 Å². The number of aromatic nitrogens is 2. The molecule has 2 heterocycles. The molecule has 100 valence electrons. The highest BCUT2D eigenvalue weighted by atomic mass is 16.3. The molecule has 1 aromatic heterocycles. The molecule has 3 rings (SSSR count). The minimum Gasteiger partial charge on any atom is -0.399 e. The standard InChI is InChI=1S/C14H18N4O/c1-9-4-5-18(13(9)7-19)14-11-3-2-10(15)6-12(11)16-8-17-14/h2-3,6,8-9,13,19H,4-5,7,15H2,1H3. The highest BCUT2D eigenvalue weighted by Gasteiger charge is 2.32. The third kappa shape index (κ3) is 2.00. The normalized spacial score (nSPS) is 23.2. The second-order valence-electron chi connectivity index (χ2n) is 5.18. The summed E-state index contributed by atoms with van der Waals surface area (Å²) in [6.07, 6.45) is 2.64. The van der Waals surface area contributed by atoms with Crippen LogP contribution in [0, 0.1) is 5.92 Å². The summed E-state index contributed by atoms with van der Waals surface area (Å²) in [5, 5.41) is 10.6.